The summed E-state index contributed by atoms with van der Waals surface area (Å²) < 4.78 is 0. The van der Waals surface area contributed by atoms with Crippen LogP contribution < -0.4 is 10.6 Å². The Kier molecular flexibility index (Phi) is 3.39. The molecule has 1 aliphatic heterocycles. The Morgan fingerprint density at radius 3 is 2.47 bits per heavy atom. The molecular formula is C13H20N2. The Bertz CT molecular complexity index is 305. The number of benzene rings is 1. The first-order chi connectivity index (χ1) is 7.25. The lowest BCUT2D eigenvalue weighted by atomic mass is 9.98. The second-order valence-electron chi connectivity index (χ2n) is 4.49. The van der Waals surface area contributed by atoms with Crippen LogP contribution in [0.25, 0.3) is 0 Å². The Morgan fingerprint density at radius 1 is 1.13 bits per heavy atom. The van der Waals surface area contributed by atoms with Gasteiger partial charge in [-0.3, -0.25) is 0 Å². The lowest BCUT2D eigenvalue weighted by molar-refractivity contribution is 0.337. The number of rotatable bonds is 2. The maximum absolute atomic E-state index is 3.57. The molecule has 0 aliphatic carbocycles. The van der Waals surface area contributed by atoms with Crippen molar-refractivity contribution in [2.75, 3.05) is 13.1 Å². The summed E-state index contributed by atoms with van der Waals surface area (Å²) in [6.07, 6.45) is 1.12. The van der Waals surface area contributed by atoms with Crippen molar-refractivity contribution in [3.63, 3.8) is 0 Å². The van der Waals surface area contributed by atoms with Crippen LogP contribution in [0.2, 0.25) is 0 Å². The van der Waals surface area contributed by atoms with Gasteiger partial charge in [0.15, 0.2) is 0 Å². The van der Waals surface area contributed by atoms with Crippen LogP contribution in [0.5, 0.6) is 0 Å². The maximum Gasteiger partial charge on any atom is 0.0259 e. The van der Waals surface area contributed by atoms with Crippen molar-refractivity contribution in [2.45, 2.75) is 32.4 Å². The van der Waals surface area contributed by atoms with Gasteiger partial charge in [-0.25, -0.2) is 0 Å². The SMILES string of the molecule is Cc1ccc(CC2NCCNC2C)cc1. The number of aryl methyl sites for hydroxylation is 1. The van der Waals surface area contributed by atoms with E-state index in [0.717, 1.165) is 19.5 Å². The third-order valence-corrected chi connectivity index (χ3v) is 3.18. The van der Waals surface area contributed by atoms with Crippen molar-refractivity contribution < 1.29 is 0 Å². The fraction of sp³-hybridized carbons (Fsp3) is 0.538. The van der Waals surface area contributed by atoms with Gasteiger partial charge in [0.25, 0.3) is 0 Å². The van der Waals surface area contributed by atoms with Crippen LogP contribution in [0, 0.1) is 6.92 Å². The molecule has 2 atom stereocenters. The Labute approximate surface area is 92.1 Å². The van der Waals surface area contributed by atoms with E-state index in [2.05, 4.69) is 48.7 Å². The zero-order chi connectivity index (χ0) is 10.7. The molecule has 82 valence electrons. The van der Waals surface area contributed by atoms with Crippen LogP contribution >= 0.6 is 0 Å². The molecule has 15 heavy (non-hydrogen) atoms. The summed E-state index contributed by atoms with van der Waals surface area (Å²) in [7, 11) is 0. The van der Waals surface area contributed by atoms with E-state index in [1.807, 2.05) is 0 Å². The Morgan fingerprint density at radius 2 is 1.80 bits per heavy atom. The Hall–Kier alpha value is -0.860. The molecule has 2 rings (SSSR count). The molecule has 2 heteroatoms. The van der Waals surface area contributed by atoms with Gasteiger partial charge >= 0.3 is 0 Å². The molecule has 0 aromatic heterocycles. The summed E-state index contributed by atoms with van der Waals surface area (Å²) in [5.74, 6) is 0. The molecule has 1 aromatic rings. The number of hydrogen-bond acceptors (Lipinski definition) is 2. The van der Waals surface area contributed by atoms with Crippen molar-refractivity contribution >= 4 is 0 Å². The number of hydrogen-bond donors (Lipinski definition) is 2. The lowest BCUT2D eigenvalue weighted by Gasteiger charge is -2.31. The molecule has 0 radical (unpaired) electrons. The van der Waals surface area contributed by atoms with Crippen molar-refractivity contribution in [3.05, 3.63) is 35.4 Å². The van der Waals surface area contributed by atoms with Crippen LogP contribution in [0.4, 0.5) is 0 Å². The first kappa shape index (κ1) is 10.7. The van der Waals surface area contributed by atoms with E-state index in [4.69, 9.17) is 0 Å². The fourth-order valence-electron chi connectivity index (χ4n) is 2.10. The molecule has 1 saturated heterocycles. The van der Waals surface area contributed by atoms with Gasteiger partial charge in [0.2, 0.25) is 0 Å². The molecule has 1 heterocycles. The monoisotopic (exact) mass is 204 g/mol. The minimum atomic E-state index is 0.569. The zero-order valence-electron chi connectivity index (χ0n) is 9.59. The molecular weight excluding hydrogens is 184 g/mol. The summed E-state index contributed by atoms with van der Waals surface area (Å²) in [6.45, 7) is 6.56. The quantitative estimate of drug-likeness (QED) is 0.762. The van der Waals surface area contributed by atoms with E-state index >= 15 is 0 Å². The summed E-state index contributed by atoms with van der Waals surface area (Å²) >= 11 is 0. The minimum Gasteiger partial charge on any atom is -0.311 e. The van der Waals surface area contributed by atoms with Crippen molar-refractivity contribution in [1.29, 1.82) is 0 Å². The van der Waals surface area contributed by atoms with E-state index in [0.29, 0.717) is 12.1 Å². The highest BCUT2D eigenvalue weighted by molar-refractivity contribution is 5.22. The van der Waals surface area contributed by atoms with E-state index in [-0.39, 0.29) is 0 Å². The van der Waals surface area contributed by atoms with Gasteiger partial charge in [0, 0.05) is 25.2 Å². The molecule has 2 nitrogen and oxygen atoms in total. The van der Waals surface area contributed by atoms with E-state index < -0.39 is 0 Å². The first-order valence-electron chi connectivity index (χ1n) is 5.78. The van der Waals surface area contributed by atoms with Crippen LogP contribution in [-0.4, -0.2) is 25.2 Å². The van der Waals surface area contributed by atoms with Crippen LogP contribution in [-0.2, 0) is 6.42 Å². The largest absolute Gasteiger partial charge is 0.311 e. The lowest BCUT2D eigenvalue weighted by Crippen LogP contribution is -2.55. The third-order valence-electron chi connectivity index (χ3n) is 3.18. The van der Waals surface area contributed by atoms with E-state index in [9.17, 15) is 0 Å². The zero-order valence-corrected chi connectivity index (χ0v) is 9.59. The molecule has 0 amide bonds. The molecule has 0 spiro atoms. The van der Waals surface area contributed by atoms with E-state index in [1.165, 1.54) is 11.1 Å². The van der Waals surface area contributed by atoms with E-state index in [1.54, 1.807) is 0 Å². The van der Waals surface area contributed by atoms with Crippen molar-refractivity contribution in [3.8, 4) is 0 Å². The normalized spacial score (nSPS) is 26.5. The van der Waals surface area contributed by atoms with Gasteiger partial charge in [-0.1, -0.05) is 29.8 Å². The fourth-order valence-corrected chi connectivity index (χ4v) is 2.10. The average Bonchev–Trinajstić information content (AvgIpc) is 2.25. The molecule has 2 N–H and O–H groups in total. The smallest absolute Gasteiger partial charge is 0.0259 e. The molecule has 1 aliphatic rings. The van der Waals surface area contributed by atoms with Gasteiger partial charge in [0.1, 0.15) is 0 Å². The summed E-state index contributed by atoms with van der Waals surface area (Å²) in [5, 5.41) is 7.07. The topological polar surface area (TPSA) is 24.1 Å². The standard InChI is InChI=1S/C13H20N2/c1-10-3-5-12(6-4-10)9-13-11(2)14-7-8-15-13/h3-6,11,13-15H,7-9H2,1-2H3. The Balaban J connectivity index is 1.98. The predicted molar refractivity (Wildman–Crippen MR) is 64.1 cm³/mol. The summed E-state index contributed by atoms with van der Waals surface area (Å²) in [6, 6.07) is 9.99. The highest BCUT2D eigenvalue weighted by Gasteiger charge is 2.19. The average molecular weight is 204 g/mol. The van der Waals surface area contributed by atoms with Gasteiger partial charge in [0.05, 0.1) is 0 Å². The van der Waals surface area contributed by atoms with Crippen molar-refractivity contribution in [2.24, 2.45) is 0 Å². The van der Waals surface area contributed by atoms with Crippen LogP contribution in [0.15, 0.2) is 24.3 Å². The second-order valence-corrected chi connectivity index (χ2v) is 4.49. The highest BCUT2D eigenvalue weighted by atomic mass is 15.1. The van der Waals surface area contributed by atoms with Gasteiger partial charge < -0.3 is 10.6 Å². The van der Waals surface area contributed by atoms with Crippen LogP contribution in [0.3, 0.4) is 0 Å². The second kappa shape index (κ2) is 4.77. The molecule has 1 fully saturated rings. The van der Waals surface area contributed by atoms with Crippen molar-refractivity contribution in [1.82, 2.24) is 10.6 Å². The molecule has 0 bridgehead atoms. The summed E-state index contributed by atoms with van der Waals surface area (Å²) in [4.78, 5) is 0. The van der Waals surface area contributed by atoms with Crippen LogP contribution in [0.1, 0.15) is 18.1 Å². The van der Waals surface area contributed by atoms with Gasteiger partial charge in [-0.05, 0) is 25.8 Å². The predicted octanol–water partition coefficient (Wildman–Crippen LogP) is 1.49. The van der Waals surface area contributed by atoms with Gasteiger partial charge in [-0.15, -0.1) is 0 Å². The third kappa shape index (κ3) is 2.80. The molecule has 0 saturated carbocycles. The minimum absolute atomic E-state index is 0.569. The first-order valence-corrected chi connectivity index (χ1v) is 5.78. The number of piperazine rings is 1. The van der Waals surface area contributed by atoms with Gasteiger partial charge in [-0.2, -0.15) is 0 Å². The molecule has 2 unspecified atom stereocenters. The maximum atomic E-state index is 3.57. The number of nitrogens with one attached hydrogen (secondary N) is 2. The highest BCUT2D eigenvalue weighted by Crippen LogP contribution is 2.09. The summed E-state index contributed by atoms with van der Waals surface area (Å²) in [5.41, 5.74) is 2.76. The molecule has 1 aromatic carbocycles.